The van der Waals surface area contributed by atoms with Crippen LogP contribution in [0.3, 0.4) is 0 Å². The van der Waals surface area contributed by atoms with E-state index in [2.05, 4.69) is 0 Å². The minimum absolute atomic E-state index is 0.180. The molecule has 0 heterocycles. The number of carbonyl (C=O) groups is 1. The summed E-state index contributed by atoms with van der Waals surface area (Å²) in [5.41, 5.74) is -0.892. The Hall–Kier alpha value is -1.58. The van der Waals surface area contributed by atoms with Gasteiger partial charge >= 0.3 is 5.97 Å². The highest BCUT2D eigenvalue weighted by atomic mass is 19.1. The Kier molecular flexibility index (Phi) is 2.14. The van der Waals surface area contributed by atoms with Gasteiger partial charge in [0.05, 0.1) is 5.41 Å². The van der Waals surface area contributed by atoms with E-state index in [1.54, 1.807) is 0 Å². The molecular weight excluding hydrogens is 199 g/mol. The normalized spacial score (nSPS) is 18.2. The first-order valence-electron chi connectivity index (χ1n) is 4.79. The molecule has 0 radical (unpaired) electrons. The Morgan fingerprint density at radius 2 is 2.07 bits per heavy atom. The number of halogens is 1. The quantitative estimate of drug-likeness (QED) is 0.785. The maximum atomic E-state index is 13.5. The molecule has 2 N–H and O–H groups in total. The van der Waals surface area contributed by atoms with Gasteiger partial charge in [0, 0.05) is 11.6 Å². The third kappa shape index (κ3) is 1.37. The zero-order valence-electron chi connectivity index (χ0n) is 8.03. The Labute approximate surface area is 86.2 Å². The van der Waals surface area contributed by atoms with Gasteiger partial charge in [-0.1, -0.05) is 12.5 Å². The number of phenols is 1. The van der Waals surface area contributed by atoms with Crippen molar-refractivity contribution in [3.05, 3.63) is 29.6 Å². The van der Waals surface area contributed by atoms with Crippen LogP contribution in [-0.2, 0) is 10.2 Å². The van der Waals surface area contributed by atoms with Gasteiger partial charge < -0.3 is 10.2 Å². The predicted octanol–water partition coefficient (Wildman–Crippen LogP) is 2.04. The van der Waals surface area contributed by atoms with E-state index >= 15 is 0 Å². The number of hydrogen-bond donors (Lipinski definition) is 2. The van der Waals surface area contributed by atoms with Gasteiger partial charge in [0.25, 0.3) is 0 Å². The molecule has 0 atom stereocenters. The fraction of sp³-hybridized carbons (Fsp3) is 0.364. The van der Waals surface area contributed by atoms with E-state index in [0.717, 1.165) is 12.5 Å². The molecule has 0 aromatic heterocycles. The van der Waals surface area contributed by atoms with E-state index in [4.69, 9.17) is 10.2 Å². The number of carboxylic acids is 1. The molecule has 3 nitrogen and oxygen atoms in total. The summed E-state index contributed by atoms with van der Waals surface area (Å²) in [7, 11) is 0. The highest BCUT2D eigenvalue weighted by molar-refractivity contribution is 5.82. The molecule has 1 aromatic carbocycles. The summed E-state index contributed by atoms with van der Waals surface area (Å²) in [6.07, 6.45) is 1.72. The number of hydrogen-bond acceptors (Lipinski definition) is 2. The first kappa shape index (κ1) is 9.96. The minimum atomic E-state index is -1.07. The van der Waals surface area contributed by atoms with E-state index in [1.807, 2.05) is 0 Å². The zero-order chi connectivity index (χ0) is 11.1. The van der Waals surface area contributed by atoms with Crippen LogP contribution in [0.25, 0.3) is 0 Å². The highest BCUT2D eigenvalue weighted by Crippen LogP contribution is 2.45. The van der Waals surface area contributed by atoms with Gasteiger partial charge in [-0.25, -0.2) is 4.39 Å². The molecule has 1 aliphatic carbocycles. The molecule has 0 bridgehead atoms. The molecule has 1 fully saturated rings. The average molecular weight is 210 g/mol. The molecule has 0 amide bonds. The monoisotopic (exact) mass is 210 g/mol. The average Bonchev–Trinajstić information content (AvgIpc) is 2.05. The summed E-state index contributed by atoms with van der Waals surface area (Å²) in [5.74, 6) is -1.81. The summed E-state index contributed by atoms with van der Waals surface area (Å²) in [6.45, 7) is 0. The van der Waals surface area contributed by atoms with Crippen LogP contribution in [0.15, 0.2) is 18.2 Å². The zero-order valence-corrected chi connectivity index (χ0v) is 8.03. The molecule has 80 valence electrons. The van der Waals surface area contributed by atoms with Crippen LogP contribution in [0.5, 0.6) is 5.75 Å². The van der Waals surface area contributed by atoms with E-state index in [1.165, 1.54) is 12.1 Å². The summed E-state index contributed by atoms with van der Waals surface area (Å²) in [6, 6.07) is 3.64. The third-order valence-corrected chi connectivity index (χ3v) is 3.08. The molecule has 0 saturated heterocycles. The predicted molar refractivity (Wildman–Crippen MR) is 51.2 cm³/mol. The van der Waals surface area contributed by atoms with Gasteiger partial charge in [-0.05, 0) is 18.9 Å². The molecule has 4 heteroatoms. The van der Waals surface area contributed by atoms with Crippen molar-refractivity contribution in [2.45, 2.75) is 24.7 Å². The molecule has 1 saturated carbocycles. The van der Waals surface area contributed by atoms with Gasteiger partial charge in [-0.2, -0.15) is 0 Å². The van der Waals surface area contributed by atoms with Gasteiger partial charge in [-0.15, -0.1) is 0 Å². The minimum Gasteiger partial charge on any atom is -0.508 e. The molecule has 0 aliphatic heterocycles. The second kappa shape index (κ2) is 3.22. The Balaban J connectivity index is 2.48. The fourth-order valence-electron chi connectivity index (χ4n) is 2.02. The van der Waals surface area contributed by atoms with Gasteiger partial charge in [0.15, 0.2) is 0 Å². The maximum Gasteiger partial charge on any atom is 0.314 e. The van der Waals surface area contributed by atoms with Crippen LogP contribution in [0, 0.1) is 5.82 Å². The van der Waals surface area contributed by atoms with Crippen molar-refractivity contribution in [3.8, 4) is 5.75 Å². The standard InChI is InChI=1S/C11H11FO3/c12-9-6-7(13)2-3-8(9)11(10(14)15)4-1-5-11/h2-3,6,13H,1,4-5H2,(H,14,15). The van der Waals surface area contributed by atoms with Crippen LogP contribution in [0.2, 0.25) is 0 Å². The van der Waals surface area contributed by atoms with Crippen molar-refractivity contribution in [3.63, 3.8) is 0 Å². The molecule has 0 spiro atoms. The highest BCUT2D eigenvalue weighted by Gasteiger charge is 2.47. The lowest BCUT2D eigenvalue weighted by Gasteiger charge is -2.38. The lowest BCUT2D eigenvalue weighted by molar-refractivity contribution is -0.147. The number of aliphatic carboxylic acids is 1. The molecule has 2 rings (SSSR count). The fourth-order valence-corrected chi connectivity index (χ4v) is 2.02. The van der Waals surface area contributed by atoms with Gasteiger partial charge in [-0.3, -0.25) is 4.79 Å². The van der Waals surface area contributed by atoms with E-state index in [9.17, 15) is 9.18 Å². The van der Waals surface area contributed by atoms with Crippen LogP contribution < -0.4 is 0 Å². The first-order chi connectivity index (χ1) is 7.06. The van der Waals surface area contributed by atoms with Crippen molar-refractivity contribution in [2.75, 3.05) is 0 Å². The van der Waals surface area contributed by atoms with Crippen LogP contribution >= 0.6 is 0 Å². The summed E-state index contributed by atoms with van der Waals surface area (Å²) in [5, 5.41) is 18.1. The summed E-state index contributed by atoms with van der Waals surface area (Å²) < 4.78 is 13.5. The lowest BCUT2D eigenvalue weighted by atomic mass is 9.64. The molecule has 15 heavy (non-hydrogen) atoms. The Morgan fingerprint density at radius 3 is 2.47 bits per heavy atom. The van der Waals surface area contributed by atoms with E-state index < -0.39 is 17.2 Å². The first-order valence-corrected chi connectivity index (χ1v) is 4.79. The van der Waals surface area contributed by atoms with Crippen molar-refractivity contribution in [1.82, 2.24) is 0 Å². The molecule has 1 aromatic rings. The number of rotatable bonds is 2. The van der Waals surface area contributed by atoms with Crippen molar-refractivity contribution < 1.29 is 19.4 Å². The second-order valence-corrected chi connectivity index (χ2v) is 3.90. The van der Waals surface area contributed by atoms with Crippen LogP contribution in [-0.4, -0.2) is 16.2 Å². The van der Waals surface area contributed by atoms with Crippen molar-refractivity contribution in [2.24, 2.45) is 0 Å². The SMILES string of the molecule is O=C(O)C1(c2ccc(O)cc2F)CCC1. The topological polar surface area (TPSA) is 57.5 Å². The number of benzene rings is 1. The third-order valence-electron chi connectivity index (χ3n) is 3.08. The van der Waals surface area contributed by atoms with Gasteiger partial charge in [0.1, 0.15) is 11.6 Å². The second-order valence-electron chi connectivity index (χ2n) is 3.90. The number of phenolic OH excluding ortho intramolecular Hbond substituents is 1. The van der Waals surface area contributed by atoms with Gasteiger partial charge in [0.2, 0.25) is 0 Å². The molecular formula is C11H11FO3. The Bertz CT molecular complexity index is 410. The van der Waals surface area contributed by atoms with E-state index in [-0.39, 0.29) is 11.3 Å². The van der Waals surface area contributed by atoms with Crippen LogP contribution in [0.4, 0.5) is 4.39 Å². The smallest absolute Gasteiger partial charge is 0.314 e. The summed E-state index contributed by atoms with van der Waals surface area (Å²) >= 11 is 0. The van der Waals surface area contributed by atoms with Crippen molar-refractivity contribution >= 4 is 5.97 Å². The van der Waals surface area contributed by atoms with Crippen molar-refractivity contribution in [1.29, 1.82) is 0 Å². The lowest BCUT2D eigenvalue weighted by Crippen LogP contribution is -2.43. The Morgan fingerprint density at radius 1 is 1.40 bits per heavy atom. The van der Waals surface area contributed by atoms with Crippen LogP contribution in [0.1, 0.15) is 24.8 Å². The largest absolute Gasteiger partial charge is 0.508 e. The van der Waals surface area contributed by atoms with E-state index in [0.29, 0.717) is 12.8 Å². The molecule has 0 unspecified atom stereocenters. The molecule has 1 aliphatic rings. The number of aromatic hydroxyl groups is 1. The number of carboxylic acid groups (broad SMARTS) is 1. The maximum absolute atomic E-state index is 13.5. The summed E-state index contributed by atoms with van der Waals surface area (Å²) in [4.78, 5) is 11.1.